The number of aryl methyl sites for hydroxylation is 1. The van der Waals surface area contributed by atoms with Gasteiger partial charge in [-0.3, -0.25) is 4.55 Å². The van der Waals surface area contributed by atoms with Crippen molar-refractivity contribution in [1.29, 1.82) is 0 Å². The van der Waals surface area contributed by atoms with Gasteiger partial charge in [-0.25, -0.2) is 0 Å². The van der Waals surface area contributed by atoms with Crippen LogP contribution in [-0.4, -0.2) is 45.6 Å². The van der Waals surface area contributed by atoms with Gasteiger partial charge in [0.25, 0.3) is 10.1 Å². The van der Waals surface area contributed by atoms with Crippen molar-refractivity contribution in [3.63, 3.8) is 0 Å². The van der Waals surface area contributed by atoms with Crippen molar-refractivity contribution in [3.05, 3.63) is 89.7 Å². The van der Waals surface area contributed by atoms with Gasteiger partial charge in [-0.1, -0.05) is 48.1 Å². The average Bonchev–Trinajstić information content (AvgIpc) is 2.68. The SMILES string of the molecule is CN1C=CC(C=Cc2ccc(N(C)C)cc2)=CC1.Cc1ccc(S(=O)(=O)O)cc1. The molecule has 1 N–H and O–H groups in total. The fourth-order valence-corrected chi connectivity index (χ4v) is 2.98. The van der Waals surface area contributed by atoms with Gasteiger partial charge in [0.05, 0.1) is 4.90 Å². The highest BCUT2D eigenvalue weighted by Crippen LogP contribution is 2.15. The molecule has 0 radical (unpaired) electrons. The third-order valence-corrected chi connectivity index (χ3v) is 5.20. The van der Waals surface area contributed by atoms with Gasteiger partial charge in [-0.05, 0) is 54.6 Å². The van der Waals surface area contributed by atoms with Crippen LogP contribution in [-0.2, 0) is 10.1 Å². The van der Waals surface area contributed by atoms with Gasteiger partial charge in [0.1, 0.15) is 0 Å². The lowest BCUT2D eigenvalue weighted by molar-refractivity contribution is 0.483. The van der Waals surface area contributed by atoms with E-state index in [1.165, 1.54) is 29.0 Å². The predicted octanol–water partition coefficient (Wildman–Crippen LogP) is 4.39. The highest BCUT2D eigenvalue weighted by Gasteiger charge is 2.06. The third kappa shape index (κ3) is 7.60. The van der Waals surface area contributed by atoms with E-state index in [2.05, 4.69) is 85.7 Å². The van der Waals surface area contributed by atoms with Crippen molar-refractivity contribution in [1.82, 2.24) is 4.90 Å². The predicted molar refractivity (Wildman–Crippen MR) is 121 cm³/mol. The van der Waals surface area contributed by atoms with Gasteiger partial charge in [-0.15, -0.1) is 0 Å². The first kappa shape index (κ1) is 22.5. The summed E-state index contributed by atoms with van der Waals surface area (Å²) in [6.45, 7) is 2.82. The Morgan fingerprint density at radius 3 is 2.10 bits per heavy atom. The minimum atomic E-state index is -4.02. The second-order valence-electron chi connectivity index (χ2n) is 7.07. The molecule has 0 fully saturated rings. The Morgan fingerprint density at radius 2 is 1.62 bits per heavy atom. The summed E-state index contributed by atoms with van der Waals surface area (Å²) >= 11 is 0. The number of nitrogens with zero attached hydrogens (tertiary/aromatic N) is 2. The van der Waals surface area contributed by atoms with Crippen molar-refractivity contribution in [2.75, 3.05) is 32.6 Å². The minimum absolute atomic E-state index is 0.0666. The van der Waals surface area contributed by atoms with Crippen molar-refractivity contribution in [2.24, 2.45) is 0 Å². The molecular weight excluding hydrogens is 384 g/mol. The number of hydrogen-bond donors (Lipinski definition) is 1. The summed E-state index contributed by atoms with van der Waals surface area (Å²) in [4.78, 5) is 4.20. The maximum absolute atomic E-state index is 10.5. The molecule has 6 heteroatoms. The fraction of sp³-hybridized carbons (Fsp3) is 0.217. The summed E-state index contributed by atoms with van der Waals surface area (Å²) in [5.41, 5.74) is 4.68. The molecule has 29 heavy (non-hydrogen) atoms. The lowest BCUT2D eigenvalue weighted by Crippen LogP contribution is -2.12. The second-order valence-corrected chi connectivity index (χ2v) is 8.49. The van der Waals surface area contributed by atoms with Gasteiger partial charge in [0.2, 0.25) is 0 Å². The number of benzene rings is 2. The molecule has 0 bridgehead atoms. The van der Waals surface area contributed by atoms with Gasteiger partial charge >= 0.3 is 0 Å². The smallest absolute Gasteiger partial charge is 0.294 e. The van der Waals surface area contributed by atoms with Crippen molar-refractivity contribution in [3.8, 4) is 0 Å². The highest BCUT2D eigenvalue weighted by atomic mass is 32.2. The average molecular weight is 413 g/mol. The molecule has 5 nitrogen and oxygen atoms in total. The zero-order valence-corrected chi connectivity index (χ0v) is 18.1. The molecule has 0 saturated heterocycles. The van der Waals surface area contributed by atoms with Crippen LogP contribution in [0.3, 0.4) is 0 Å². The Morgan fingerprint density at radius 1 is 1.00 bits per heavy atom. The largest absolute Gasteiger partial charge is 0.378 e. The first-order valence-electron chi connectivity index (χ1n) is 9.23. The van der Waals surface area contributed by atoms with E-state index in [4.69, 9.17) is 4.55 Å². The van der Waals surface area contributed by atoms with Crippen LogP contribution in [0.5, 0.6) is 0 Å². The highest BCUT2D eigenvalue weighted by molar-refractivity contribution is 7.85. The summed E-state index contributed by atoms with van der Waals surface area (Å²) in [5, 5.41) is 0. The molecule has 1 aliphatic heterocycles. The number of anilines is 1. The molecule has 0 spiro atoms. The maximum atomic E-state index is 10.5. The van der Waals surface area contributed by atoms with Crippen molar-refractivity contribution >= 4 is 21.9 Å². The number of likely N-dealkylation sites (N-methyl/N-ethyl adjacent to an activating group) is 1. The van der Waals surface area contributed by atoms with E-state index in [-0.39, 0.29) is 4.90 Å². The van der Waals surface area contributed by atoms with E-state index in [0.29, 0.717) is 0 Å². The maximum Gasteiger partial charge on any atom is 0.294 e. The number of rotatable bonds is 4. The standard InChI is InChI=1S/C16H20N2.C7H8O3S/c1-17(2)16-8-6-14(7-9-16)4-5-15-10-12-18(3)13-11-15;1-6-2-4-7(5-3-6)11(8,9)10/h4-12H,13H2,1-3H3;2-5H,1H3,(H,8,9,10). The molecule has 3 rings (SSSR count). The van der Waals surface area contributed by atoms with Gasteiger partial charge in [0, 0.05) is 33.4 Å². The molecule has 2 aromatic carbocycles. The van der Waals surface area contributed by atoms with E-state index in [9.17, 15) is 8.42 Å². The third-order valence-electron chi connectivity index (χ3n) is 4.33. The minimum Gasteiger partial charge on any atom is -0.378 e. The van der Waals surface area contributed by atoms with Crippen LogP contribution in [0.25, 0.3) is 6.08 Å². The Hall–Kier alpha value is -2.83. The summed E-state index contributed by atoms with van der Waals surface area (Å²) in [6, 6.07) is 14.6. The van der Waals surface area contributed by atoms with E-state index in [0.717, 1.165) is 12.1 Å². The monoisotopic (exact) mass is 412 g/mol. The first-order valence-corrected chi connectivity index (χ1v) is 10.7. The Kier molecular flexibility index (Phi) is 7.82. The van der Waals surface area contributed by atoms with E-state index in [1.807, 2.05) is 6.92 Å². The summed E-state index contributed by atoms with van der Waals surface area (Å²) < 4.78 is 29.6. The quantitative estimate of drug-likeness (QED) is 0.755. The van der Waals surface area contributed by atoms with Crippen LogP contribution in [0.15, 0.2) is 83.4 Å². The Balaban J connectivity index is 0.000000234. The van der Waals surface area contributed by atoms with Crippen LogP contribution >= 0.6 is 0 Å². The van der Waals surface area contributed by atoms with E-state index in [1.54, 1.807) is 12.1 Å². The van der Waals surface area contributed by atoms with Crippen molar-refractivity contribution < 1.29 is 13.0 Å². The van der Waals surface area contributed by atoms with Crippen LogP contribution in [0, 0.1) is 6.92 Å². The topological polar surface area (TPSA) is 60.9 Å². The molecule has 0 saturated carbocycles. The summed E-state index contributed by atoms with van der Waals surface area (Å²) in [6.07, 6.45) is 10.8. The van der Waals surface area contributed by atoms with E-state index >= 15 is 0 Å². The van der Waals surface area contributed by atoms with Crippen molar-refractivity contribution in [2.45, 2.75) is 11.8 Å². The Bertz CT molecular complexity index is 987. The number of allylic oxidation sites excluding steroid dienone is 3. The van der Waals surface area contributed by atoms with Gasteiger partial charge in [-0.2, -0.15) is 8.42 Å². The molecule has 1 aliphatic rings. The normalized spacial score (nSPS) is 13.7. The van der Waals surface area contributed by atoms with Gasteiger partial charge in [0.15, 0.2) is 0 Å². The lowest BCUT2D eigenvalue weighted by Gasteiger charge is -2.15. The fourth-order valence-electron chi connectivity index (χ4n) is 2.50. The zero-order valence-electron chi connectivity index (χ0n) is 17.3. The second kappa shape index (κ2) is 10.1. The molecule has 0 aromatic heterocycles. The lowest BCUT2D eigenvalue weighted by atomic mass is 10.1. The van der Waals surface area contributed by atoms with Crippen LogP contribution < -0.4 is 4.90 Å². The van der Waals surface area contributed by atoms with Crippen LogP contribution in [0.4, 0.5) is 5.69 Å². The first-order chi connectivity index (χ1) is 13.6. The Labute approximate surface area is 174 Å². The van der Waals surface area contributed by atoms with Crippen LogP contribution in [0.2, 0.25) is 0 Å². The molecule has 154 valence electrons. The van der Waals surface area contributed by atoms with E-state index < -0.39 is 10.1 Å². The number of hydrogen-bond acceptors (Lipinski definition) is 4. The summed E-state index contributed by atoms with van der Waals surface area (Å²) in [5.74, 6) is 0. The summed E-state index contributed by atoms with van der Waals surface area (Å²) in [7, 11) is 2.17. The zero-order chi connectivity index (χ0) is 21.4. The molecule has 0 atom stereocenters. The van der Waals surface area contributed by atoms with Crippen LogP contribution in [0.1, 0.15) is 11.1 Å². The van der Waals surface area contributed by atoms with Gasteiger partial charge < -0.3 is 9.80 Å². The molecule has 0 amide bonds. The molecule has 0 aliphatic carbocycles. The molecule has 2 aromatic rings. The molecule has 1 heterocycles. The molecule has 0 unspecified atom stereocenters. The molecular formula is C23H28N2O3S.